The molecule has 0 saturated carbocycles. The van der Waals surface area contributed by atoms with Crippen LogP contribution in [0, 0.1) is 25.7 Å². The van der Waals surface area contributed by atoms with Crippen LogP contribution in [0.5, 0.6) is 0 Å². The van der Waals surface area contributed by atoms with Crippen LogP contribution in [-0.4, -0.2) is 107 Å². The summed E-state index contributed by atoms with van der Waals surface area (Å²) in [7, 11) is 0. The second-order valence-corrected chi connectivity index (χ2v) is 17.5. The van der Waals surface area contributed by atoms with Gasteiger partial charge in [0.2, 0.25) is 17.7 Å². The largest absolute Gasteiger partial charge is 0.372 e. The lowest BCUT2D eigenvalue weighted by molar-refractivity contribution is -0.137. The number of piperidine rings is 3. The fourth-order valence-electron chi connectivity index (χ4n) is 8.73. The Kier molecular flexibility index (Phi) is 12.4. The molecule has 0 radical (unpaired) electrons. The summed E-state index contributed by atoms with van der Waals surface area (Å²) in [6, 6.07) is 15.7. The van der Waals surface area contributed by atoms with E-state index in [1.807, 2.05) is 49.1 Å². The topological polar surface area (TPSA) is 156 Å². The zero-order valence-corrected chi connectivity index (χ0v) is 35.2. The molecule has 6 heterocycles. The van der Waals surface area contributed by atoms with Crippen LogP contribution in [0.4, 0.5) is 28.1 Å². The first-order chi connectivity index (χ1) is 28.6. The van der Waals surface area contributed by atoms with Crippen molar-refractivity contribution >= 4 is 74.7 Å². The lowest BCUT2D eigenvalue weighted by atomic mass is 9.90. The van der Waals surface area contributed by atoms with E-state index in [1.54, 1.807) is 6.07 Å². The van der Waals surface area contributed by atoms with Gasteiger partial charge in [-0.1, -0.05) is 47.2 Å². The van der Waals surface area contributed by atoms with Crippen LogP contribution >= 0.6 is 22.9 Å². The number of anilines is 5. The highest BCUT2D eigenvalue weighted by molar-refractivity contribution is 7.17. The summed E-state index contributed by atoms with van der Waals surface area (Å²) in [5.41, 5.74) is 3.61. The summed E-state index contributed by atoms with van der Waals surface area (Å²) in [6.07, 6.45) is 6.56. The maximum absolute atomic E-state index is 13.7. The molecule has 2 aromatic heterocycles. The van der Waals surface area contributed by atoms with Crippen LogP contribution in [0.2, 0.25) is 5.02 Å². The molecule has 0 bridgehead atoms. The van der Waals surface area contributed by atoms with Gasteiger partial charge in [-0.05, 0) is 94.3 Å². The van der Waals surface area contributed by atoms with E-state index in [1.165, 1.54) is 23.2 Å². The van der Waals surface area contributed by atoms with Crippen molar-refractivity contribution in [2.45, 2.75) is 58.3 Å². The number of hydrogen-bond donors (Lipinski definition) is 3. The molecule has 1 atom stereocenters. The highest BCUT2D eigenvalue weighted by Gasteiger charge is 2.33. The standard InChI is InChI=1S/C43H51ClN10O4S/c1-27-4-3-5-34(44)39(27)50-41(57)35-25-45-43(59-35)48-36-24-37(47-28(2)46-36)53-20-22-54(23-21-53)42(58)31-14-16-51(17-15-31)26-29-12-18-52(19-13-29)32-8-6-30(7-9-32)33-10-11-38(55)49-40(33)56/h3-9,24-25,29,31,33H,10-23,26H2,1-2H3,(H,50,57)(H,49,55,56)(H,45,46,47,48)/t33-/m0/s1. The van der Waals surface area contributed by atoms with E-state index in [2.05, 4.69) is 52.8 Å². The zero-order chi connectivity index (χ0) is 41.0. The number of aromatic nitrogens is 3. The highest BCUT2D eigenvalue weighted by Crippen LogP contribution is 2.32. The van der Waals surface area contributed by atoms with Gasteiger partial charge in [-0.3, -0.25) is 24.5 Å². The Morgan fingerprint density at radius 3 is 2.34 bits per heavy atom. The number of carbonyl (C=O) groups is 4. The SMILES string of the molecule is Cc1nc(Nc2ncc(C(=O)Nc3c(C)cccc3Cl)s2)cc(N2CCN(C(=O)C3CCN(CC4CCN(c5ccc([C@@H]6CCC(=O)NC6=O)cc5)CC4)CC3)CC2)n1. The number of benzene rings is 2. The third-order valence-corrected chi connectivity index (χ3v) is 13.4. The Bertz CT molecular complexity index is 2160. The average molecular weight is 839 g/mol. The molecule has 0 aliphatic carbocycles. The molecule has 0 unspecified atom stereocenters. The molecule has 59 heavy (non-hydrogen) atoms. The maximum Gasteiger partial charge on any atom is 0.267 e. The number of hydrogen-bond acceptors (Lipinski definition) is 12. The van der Waals surface area contributed by atoms with Gasteiger partial charge >= 0.3 is 0 Å². The van der Waals surface area contributed by atoms with Gasteiger partial charge in [-0.15, -0.1) is 0 Å². The Labute approximate surface area is 353 Å². The Morgan fingerprint density at radius 1 is 0.881 bits per heavy atom. The van der Waals surface area contributed by atoms with Gasteiger partial charge in [-0.25, -0.2) is 15.0 Å². The maximum atomic E-state index is 13.7. The number of likely N-dealkylation sites (tertiary alicyclic amines) is 1. The molecule has 310 valence electrons. The van der Waals surface area contributed by atoms with Gasteiger partial charge in [0, 0.05) is 69.9 Å². The zero-order valence-electron chi connectivity index (χ0n) is 33.6. The fourth-order valence-corrected chi connectivity index (χ4v) is 9.72. The van der Waals surface area contributed by atoms with Crippen molar-refractivity contribution in [3.63, 3.8) is 0 Å². The molecule has 4 saturated heterocycles. The summed E-state index contributed by atoms with van der Waals surface area (Å²) >= 11 is 7.53. The number of aryl methyl sites for hydroxylation is 2. The minimum Gasteiger partial charge on any atom is -0.372 e. The summed E-state index contributed by atoms with van der Waals surface area (Å²) < 4.78 is 0. The third kappa shape index (κ3) is 9.69. The van der Waals surface area contributed by atoms with Crippen LogP contribution in [0.3, 0.4) is 0 Å². The number of carbonyl (C=O) groups excluding carboxylic acids is 4. The second kappa shape index (κ2) is 18.0. The van der Waals surface area contributed by atoms with Gasteiger partial charge in [0.25, 0.3) is 5.91 Å². The average Bonchev–Trinajstić information content (AvgIpc) is 3.71. The normalized spacial score (nSPS) is 19.8. The number of halogens is 1. The van der Waals surface area contributed by atoms with Gasteiger partial charge in [-0.2, -0.15) is 0 Å². The van der Waals surface area contributed by atoms with E-state index >= 15 is 0 Å². The number of piperazine rings is 1. The van der Waals surface area contributed by atoms with E-state index in [0.717, 1.165) is 75.4 Å². The first kappa shape index (κ1) is 40.7. The highest BCUT2D eigenvalue weighted by atomic mass is 35.5. The summed E-state index contributed by atoms with van der Waals surface area (Å²) in [4.78, 5) is 73.8. The first-order valence-electron chi connectivity index (χ1n) is 20.7. The van der Waals surface area contributed by atoms with Crippen molar-refractivity contribution in [3.8, 4) is 0 Å². The number of nitrogens with zero attached hydrogens (tertiary/aromatic N) is 7. The molecule has 3 N–H and O–H groups in total. The van der Waals surface area contributed by atoms with E-state index < -0.39 is 0 Å². The quantitative estimate of drug-likeness (QED) is 0.161. The van der Waals surface area contributed by atoms with Crippen molar-refractivity contribution in [1.29, 1.82) is 0 Å². The number of nitrogens with one attached hydrogen (secondary N) is 3. The minimum atomic E-state index is -0.285. The molecule has 16 heteroatoms. The predicted molar refractivity (Wildman–Crippen MR) is 231 cm³/mol. The number of thiazole rings is 1. The molecular weight excluding hydrogens is 788 g/mol. The van der Waals surface area contributed by atoms with Gasteiger partial charge < -0.3 is 30.2 Å². The predicted octanol–water partition coefficient (Wildman–Crippen LogP) is 6.00. The smallest absolute Gasteiger partial charge is 0.267 e. The second-order valence-electron chi connectivity index (χ2n) is 16.1. The number of amides is 4. The van der Waals surface area contributed by atoms with Crippen molar-refractivity contribution in [1.82, 2.24) is 30.1 Å². The van der Waals surface area contributed by atoms with Crippen LogP contribution in [-0.2, 0) is 14.4 Å². The lowest BCUT2D eigenvalue weighted by Crippen LogP contribution is -2.52. The van der Waals surface area contributed by atoms with Crippen molar-refractivity contribution in [2.24, 2.45) is 11.8 Å². The van der Waals surface area contributed by atoms with Crippen molar-refractivity contribution in [3.05, 3.63) is 81.6 Å². The summed E-state index contributed by atoms with van der Waals surface area (Å²) in [5.74, 6) is 2.06. The Hall–Kier alpha value is -5.12. The van der Waals surface area contributed by atoms with E-state index in [4.69, 9.17) is 16.6 Å². The van der Waals surface area contributed by atoms with Crippen LogP contribution in [0.15, 0.2) is 54.7 Å². The summed E-state index contributed by atoms with van der Waals surface area (Å²) in [5, 5.41) is 9.61. The molecule has 8 rings (SSSR count). The van der Waals surface area contributed by atoms with Crippen molar-refractivity contribution < 1.29 is 19.2 Å². The minimum absolute atomic E-state index is 0.0684. The molecule has 4 fully saturated rings. The van der Waals surface area contributed by atoms with Gasteiger partial charge in [0.15, 0.2) is 5.13 Å². The summed E-state index contributed by atoms with van der Waals surface area (Å²) in [6.45, 7) is 11.4. The van der Waals surface area contributed by atoms with Gasteiger partial charge in [0.1, 0.15) is 22.3 Å². The molecule has 4 aliphatic heterocycles. The fraction of sp³-hybridized carbons (Fsp3) is 0.465. The molecule has 14 nitrogen and oxygen atoms in total. The van der Waals surface area contributed by atoms with E-state index in [-0.39, 0.29) is 35.5 Å². The number of rotatable bonds is 10. The molecule has 4 aliphatic rings. The molecule has 4 amide bonds. The molecule has 2 aromatic carbocycles. The molecular formula is C43H51ClN10O4S. The van der Waals surface area contributed by atoms with Crippen molar-refractivity contribution in [2.75, 3.05) is 79.3 Å². The van der Waals surface area contributed by atoms with Crippen LogP contribution in [0.1, 0.15) is 71.1 Å². The molecule has 4 aromatic rings. The lowest BCUT2D eigenvalue weighted by Gasteiger charge is -2.40. The number of para-hydroxylation sites is 1. The Morgan fingerprint density at radius 2 is 1.63 bits per heavy atom. The van der Waals surface area contributed by atoms with Crippen LogP contribution < -0.4 is 25.8 Å². The van der Waals surface area contributed by atoms with Crippen LogP contribution in [0.25, 0.3) is 0 Å². The monoisotopic (exact) mass is 838 g/mol. The molecule has 0 spiro atoms. The Balaban J connectivity index is 0.759. The number of imide groups is 1. The van der Waals surface area contributed by atoms with E-state index in [0.29, 0.717) is 77.3 Å². The third-order valence-electron chi connectivity index (χ3n) is 12.1. The first-order valence-corrected chi connectivity index (χ1v) is 21.9. The van der Waals surface area contributed by atoms with E-state index in [9.17, 15) is 19.2 Å². The van der Waals surface area contributed by atoms with Gasteiger partial charge in [0.05, 0.1) is 22.8 Å².